The van der Waals surface area contributed by atoms with E-state index in [0.717, 1.165) is 12.2 Å². The van der Waals surface area contributed by atoms with Gasteiger partial charge < -0.3 is 19.4 Å². The van der Waals surface area contributed by atoms with Crippen LogP contribution < -0.4 is 9.64 Å². The predicted octanol–water partition coefficient (Wildman–Crippen LogP) is 1.78. The van der Waals surface area contributed by atoms with Crippen molar-refractivity contribution in [1.29, 1.82) is 0 Å². The average molecular weight is 305 g/mol. The SMILES string of the molecule is C[C@@H]1CN(C)C(=O)c2cc(N(C)C)ccc2O[C@@H]1CN(C)C. The third-order valence-corrected chi connectivity index (χ3v) is 4.08. The van der Waals surface area contributed by atoms with Crippen molar-refractivity contribution in [3.63, 3.8) is 0 Å². The van der Waals surface area contributed by atoms with Crippen LogP contribution in [0.2, 0.25) is 0 Å². The Balaban J connectivity index is 2.42. The van der Waals surface area contributed by atoms with Crippen molar-refractivity contribution in [1.82, 2.24) is 9.80 Å². The standard InChI is InChI=1S/C17H27N3O2/c1-12-10-20(6)17(21)14-9-13(19(4)5)7-8-15(14)22-16(12)11-18(2)3/h7-9,12,16H,10-11H2,1-6H3/t12-,16-/m1/s1. The van der Waals surface area contributed by atoms with Crippen LogP contribution in [0.3, 0.4) is 0 Å². The van der Waals surface area contributed by atoms with Gasteiger partial charge in [0.05, 0.1) is 5.56 Å². The fourth-order valence-corrected chi connectivity index (χ4v) is 2.76. The van der Waals surface area contributed by atoms with Gasteiger partial charge in [0.15, 0.2) is 0 Å². The number of carbonyl (C=O) groups excluding carboxylic acids is 1. The lowest BCUT2D eigenvalue weighted by atomic mass is 10.0. The monoisotopic (exact) mass is 305 g/mol. The van der Waals surface area contributed by atoms with E-state index in [1.54, 1.807) is 4.90 Å². The van der Waals surface area contributed by atoms with Crippen LogP contribution in [0.5, 0.6) is 5.75 Å². The zero-order valence-electron chi connectivity index (χ0n) is 14.5. The van der Waals surface area contributed by atoms with E-state index in [4.69, 9.17) is 4.74 Å². The minimum Gasteiger partial charge on any atom is -0.488 e. The van der Waals surface area contributed by atoms with Crippen molar-refractivity contribution >= 4 is 11.6 Å². The summed E-state index contributed by atoms with van der Waals surface area (Å²) in [7, 11) is 9.88. The highest BCUT2D eigenvalue weighted by molar-refractivity contribution is 5.98. The van der Waals surface area contributed by atoms with E-state index in [1.165, 1.54) is 0 Å². The highest BCUT2D eigenvalue weighted by Crippen LogP contribution is 2.29. The summed E-state index contributed by atoms with van der Waals surface area (Å²) < 4.78 is 6.21. The first-order valence-corrected chi connectivity index (χ1v) is 7.67. The second-order valence-corrected chi connectivity index (χ2v) is 6.66. The first-order chi connectivity index (χ1) is 10.3. The molecule has 0 radical (unpaired) electrons. The van der Waals surface area contributed by atoms with Crippen LogP contribution in [0.15, 0.2) is 18.2 Å². The summed E-state index contributed by atoms with van der Waals surface area (Å²) in [6, 6.07) is 5.82. The molecule has 0 aliphatic carbocycles. The minimum absolute atomic E-state index is 0.0221. The number of nitrogens with zero attached hydrogens (tertiary/aromatic N) is 3. The molecular weight excluding hydrogens is 278 g/mol. The molecule has 1 aliphatic heterocycles. The molecule has 1 heterocycles. The van der Waals surface area contributed by atoms with E-state index < -0.39 is 0 Å². The molecule has 1 aromatic carbocycles. The van der Waals surface area contributed by atoms with Crippen molar-refractivity contribution < 1.29 is 9.53 Å². The molecule has 0 aromatic heterocycles. The van der Waals surface area contributed by atoms with Crippen molar-refractivity contribution in [3.05, 3.63) is 23.8 Å². The maximum absolute atomic E-state index is 12.7. The average Bonchev–Trinajstić information content (AvgIpc) is 2.44. The number of carbonyl (C=O) groups is 1. The first-order valence-electron chi connectivity index (χ1n) is 7.67. The molecule has 0 fully saturated rings. The van der Waals surface area contributed by atoms with Gasteiger partial charge in [-0.2, -0.15) is 0 Å². The molecule has 2 rings (SSSR count). The Morgan fingerprint density at radius 3 is 2.55 bits per heavy atom. The number of amides is 1. The molecule has 0 bridgehead atoms. The molecule has 1 aliphatic rings. The van der Waals surface area contributed by atoms with E-state index in [2.05, 4.69) is 11.8 Å². The molecule has 1 amide bonds. The molecule has 5 nitrogen and oxygen atoms in total. The van der Waals surface area contributed by atoms with Crippen LogP contribution in [-0.2, 0) is 0 Å². The highest BCUT2D eigenvalue weighted by atomic mass is 16.5. The van der Waals surface area contributed by atoms with Gasteiger partial charge in [-0.25, -0.2) is 0 Å². The van der Waals surface area contributed by atoms with Gasteiger partial charge in [0, 0.05) is 45.8 Å². The van der Waals surface area contributed by atoms with Gasteiger partial charge >= 0.3 is 0 Å². The Hall–Kier alpha value is -1.75. The Labute approximate surface area is 133 Å². The number of hydrogen-bond acceptors (Lipinski definition) is 4. The molecule has 0 unspecified atom stereocenters. The molecule has 0 N–H and O–H groups in total. The zero-order valence-corrected chi connectivity index (χ0v) is 14.5. The van der Waals surface area contributed by atoms with Crippen LogP contribution in [0.4, 0.5) is 5.69 Å². The van der Waals surface area contributed by atoms with Gasteiger partial charge in [-0.3, -0.25) is 4.79 Å². The summed E-state index contributed by atoms with van der Waals surface area (Å²) in [4.78, 5) is 18.6. The Morgan fingerprint density at radius 1 is 1.27 bits per heavy atom. The van der Waals surface area contributed by atoms with Crippen molar-refractivity contribution in [3.8, 4) is 5.75 Å². The van der Waals surface area contributed by atoms with Gasteiger partial charge in [-0.05, 0) is 32.3 Å². The lowest BCUT2D eigenvalue weighted by molar-refractivity contribution is 0.0576. The molecular formula is C17H27N3O2. The van der Waals surface area contributed by atoms with E-state index in [9.17, 15) is 4.79 Å². The molecule has 5 heteroatoms. The molecule has 0 saturated carbocycles. The summed E-state index contributed by atoms with van der Waals surface area (Å²) in [6.07, 6.45) is 0.0644. The van der Waals surface area contributed by atoms with Crippen LogP contribution in [0.25, 0.3) is 0 Å². The summed E-state index contributed by atoms with van der Waals surface area (Å²) >= 11 is 0. The topological polar surface area (TPSA) is 36.0 Å². The molecule has 22 heavy (non-hydrogen) atoms. The minimum atomic E-state index is 0.0221. The Bertz CT molecular complexity index is 543. The van der Waals surface area contributed by atoms with Gasteiger partial charge in [0.2, 0.25) is 0 Å². The summed E-state index contributed by atoms with van der Waals surface area (Å²) in [5.74, 6) is 0.979. The Morgan fingerprint density at radius 2 is 1.95 bits per heavy atom. The second kappa shape index (κ2) is 6.57. The third-order valence-electron chi connectivity index (χ3n) is 4.08. The fraction of sp³-hybridized carbons (Fsp3) is 0.588. The normalized spacial score (nSPS) is 22.0. The molecule has 1 aromatic rings. The van der Waals surface area contributed by atoms with E-state index >= 15 is 0 Å². The number of fused-ring (bicyclic) bond motifs is 1. The lowest BCUT2D eigenvalue weighted by Crippen LogP contribution is -2.44. The van der Waals surface area contributed by atoms with Crippen LogP contribution in [0.1, 0.15) is 17.3 Å². The van der Waals surface area contributed by atoms with Crippen molar-refractivity contribution in [2.45, 2.75) is 13.0 Å². The quantitative estimate of drug-likeness (QED) is 0.853. The second-order valence-electron chi connectivity index (χ2n) is 6.66. The summed E-state index contributed by atoms with van der Waals surface area (Å²) in [5.41, 5.74) is 1.64. The molecule has 0 spiro atoms. The first kappa shape index (κ1) is 16.6. The third kappa shape index (κ3) is 3.53. The maximum Gasteiger partial charge on any atom is 0.257 e. The molecule has 122 valence electrons. The number of anilines is 1. The molecule has 2 atom stereocenters. The fourth-order valence-electron chi connectivity index (χ4n) is 2.76. The summed E-state index contributed by atoms with van der Waals surface area (Å²) in [6.45, 7) is 3.66. The van der Waals surface area contributed by atoms with Gasteiger partial charge in [-0.1, -0.05) is 6.92 Å². The smallest absolute Gasteiger partial charge is 0.257 e. The van der Waals surface area contributed by atoms with Crippen LogP contribution in [0, 0.1) is 5.92 Å². The van der Waals surface area contributed by atoms with Gasteiger partial charge in [0.1, 0.15) is 11.9 Å². The van der Waals surface area contributed by atoms with E-state index in [1.807, 2.05) is 58.3 Å². The van der Waals surface area contributed by atoms with Crippen molar-refractivity contribution in [2.75, 3.05) is 53.2 Å². The number of benzene rings is 1. The lowest BCUT2D eigenvalue weighted by Gasteiger charge is -2.34. The zero-order chi connectivity index (χ0) is 16.4. The number of rotatable bonds is 3. The number of ether oxygens (including phenoxy) is 1. The number of likely N-dealkylation sites (N-methyl/N-ethyl adjacent to an activating group) is 1. The largest absolute Gasteiger partial charge is 0.488 e. The predicted molar refractivity (Wildman–Crippen MR) is 89.9 cm³/mol. The van der Waals surface area contributed by atoms with E-state index in [-0.39, 0.29) is 17.9 Å². The maximum atomic E-state index is 12.7. The van der Waals surface area contributed by atoms with Gasteiger partial charge in [-0.15, -0.1) is 0 Å². The van der Waals surface area contributed by atoms with Crippen molar-refractivity contribution in [2.24, 2.45) is 5.92 Å². The molecule has 0 saturated heterocycles. The van der Waals surface area contributed by atoms with Crippen LogP contribution >= 0.6 is 0 Å². The van der Waals surface area contributed by atoms with Gasteiger partial charge in [0.25, 0.3) is 5.91 Å². The van der Waals surface area contributed by atoms with E-state index in [0.29, 0.717) is 17.9 Å². The Kier molecular flexibility index (Phi) is 4.96. The summed E-state index contributed by atoms with van der Waals surface area (Å²) in [5, 5.41) is 0. The highest BCUT2D eigenvalue weighted by Gasteiger charge is 2.29. The number of hydrogen-bond donors (Lipinski definition) is 0. The van der Waals surface area contributed by atoms with Crippen LogP contribution in [-0.4, -0.2) is 70.1 Å².